The summed E-state index contributed by atoms with van der Waals surface area (Å²) in [5.41, 5.74) is 0.544. The number of oxazole rings is 1. The molecule has 2 heterocycles. The molecule has 0 saturated heterocycles. The van der Waals surface area contributed by atoms with Crippen LogP contribution in [0.1, 0.15) is 11.1 Å². The third kappa shape index (κ3) is 4.80. The van der Waals surface area contributed by atoms with E-state index >= 15 is 0 Å². The van der Waals surface area contributed by atoms with Crippen LogP contribution in [-0.2, 0) is 12.7 Å². The van der Waals surface area contributed by atoms with Crippen LogP contribution in [-0.4, -0.2) is 15.0 Å². The standard InChI is InChI=1S/C21H15F4N5O/c22-17-10-28-20(29-15-6-3-5-13(8-15)18-11-26-12-31-18)30-19(17)27-9-14-4-1-2-7-16(14)21(23,24)25/h1-8,10-12H,9H2,(H2,27,28,29,30). The minimum atomic E-state index is -4.51. The number of halogens is 4. The van der Waals surface area contributed by atoms with Crippen molar-refractivity contribution in [3.63, 3.8) is 0 Å². The fraction of sp³-hybridized carbons (Fsp3) is 0.0952. The van der Waals surface area contributed by atoms with Gasteiger partial charge in [-0.05, 0) is 23.8 Å². The summed E-state index contributed by atoms with van der Waals surface area (Å²) in [6.45, 7) is -0.260. The SMILES string of the molecule is Fc1cnc(Nc2cccc(-c3cnco3)c2)nc1NCc1ccccc1C(F)(F)F. The van der Waals surface area contributed by atoms with Crippen LogP contribution in [0.4, 0.5) is 35.0 Å². The van der Waals surface area contributed by atoms with Crippen molar-refractivity contribution in [3.8, 4) is 11.3 Å². The van der Waals surface area contributed by atoms with Crippen LogP contribution in [0.3, 0.4) is 0 Å². The lowest BCUT2D eigenvalue weighted by Crippen LogP contribution is -2.13. The quantitative estimate of drug-likeness (QED) is 0.386. The second-order valence-corrected chi connectivity index (χ2v) is 6.47. The highest BCUT2D eigenvalue weighted by molar-refractivity contribution is 5.66. The Kier molecular flexibility index (Phi) is 5.52. The summed E-state index contributed by atoms with van der Waals surface area (Å²) in [4.78, 5) is 11.8. The Morgan fingerprint density at radius 2 is 1.84 bits per heavy atom. The molecule has 0 radical (unpaired) electrons. The van der Waals surface area contributed by atoms with Crippen molar-refractivity contribution in [3.05, 3.63) is 84.3 Å². The monoisotopic (exact) mass is 429 g/mol. The summed E-state index contributed by atoms with van der Waals surface area (Å²) in [7, 11) is 0. The molecule has 0 bridgehead atoms. The van der Waals surface area contributed by atoms with E-state index in [4.69, 9.17) is 4.42 Å². The molecule has 0 aliphatic carbocycles. The van der Waals surface area contributed by atoms with Crippen molar-refractivity contribution in [1.29, 1.82) is 0 Å². The lowest BCUT2D eigenvalue weighted by Gasteiger charge is -2.14. The molecule has 4 aromatic rings. The Hall–Kier alpha value is -3.95. The molecule has 0 unspecified atom stereocenters. The number of hydrogen-bond acceptors (Lipinski definition) is 6. The molecule has 0 atom stereocenters. The number of nitrogens with one attached hydrogen (secondary N) is 2. The highest BCUT2D eigenvalue weighted by atomic mass is 19.4. The minimum absolute atomic E-state index is 0.0257. The normalized spacial score (nSPS) is 11.4. The number of benzene rings is 2. The van der Waals surface area contributed by atoms with E-state index in [1.54, 1.807) is 24.4 Å². The summed E-state index contributed by atoms with van der Waals surface area (Å²) < 4.78 is 58.8. The van der Waals surface area contributed by atoms with Crippen LogP contribution in [0.5, 0.6) is 0 Å². The van der Waals surface area contributed by atoms with Crippen LogP contribution < -0.4 is 10.6 Å². The van der Waals surface area contributed by atoms with E-state index < -0.39 is 17.6 Å². The van der Waals surface area contributed by atoms with Gasteiger partial charge >= 0.3 is 6.18 Å². The molecule has 31 heavy (non-hydrogen) atoms. The molecule has 2 aromatic heterocycles. The summed E-state index contributed by atoms with van der Waals surface area (Å²) in [6.07, 6.45) is -0.695. The second kappa shape index (κ2) is 8.42. The van der Waals surface area contributed by atoms with Crippen molar-refractivity contribution in [2.24, 2.45) is 0 Å². The van der Waals surface area contributed by atoms with E-state index in [1.165, 1.54) is 24.6 Å². The van der Waals surface area contributed by atoms with Crippen molar-refractivity contribution < 1.29 is 22.0 Å². The molecule has 0 aliphatic heterocycles. The van der Waals surface area contributed by atoms with Crippen molar-refractivity contribution in [1.82, 2.24) is 15.0 Å². The van der Waals surface area contributed by atoms with Gasteiger partial charge in [0.15, 0.2) is 23.8 Å². The maximum atomic E-state index is 14.1. The van der Waals surface area contributed by atoms with Crippen LogP contribution >= 0.6 is 0 Å². The van der Waals surface area contributed by atoms with Gasteiger partial charge in [0.05, 0.1) is 18.0 Å². The van der Waals surface area contributed by atoms with Gasteiger partial charge in [-0.15, -0.1) is 0 Å². The molecule has 0 amide bonds. The van der Waals surface area contributed by atoms with E-state index in [-0.39, 0.29) is 23.9 Å². The first-order valence-electron chi connectivity index (χ1n) is 9.07. The first-order chi connectivity index (χ1) is 14.9. The molecular weight excluding hydrogens is 414 g/mol. The summed E-state index contributed by atoms with van der Waals surface area (Å²) >= 11 is 0. The molecule has 0 fully saturated rings. The molecule has 2 aromatic carbocycles. The number of nitrogens with zero attached hydrogens (tertiary/aromatic N) is 3. The molecule has 4 rings (SSSR count). The molecular formula is C21H15F4N5O. The Labute approximate surface area is 174 Å². The van der Waals surface area contributed by atoms with Crippen molar-refractivity contribution in [2.45, 2.75) is 12.7 Å². The zero-order valence-electron chi connectivity index (χ0n) is 15.8. The summed E-state index contributed by atoms with van der Waals surface area (Å²) in [5.74, 6) is -0.372. The zero-order valence-corrected chi connectivity index (χ0v) is 15.8. The maximum Gasteiger partial charge on any atom is 0.416 e. The fourth-order valence-corrected chi connectivity index (χ4v) is 2.92. The summed E-state index contributed by atoms with van der Waals surface area (Å²) in [5, 5.41) is 5.55. The predicted molar refractivity (Wildman–Crippen MR) is 106 cm³/mol. The van der Waals surface area contributed by atoms with Crippen molar-refractivity contribution >= 4 is 17.5 Å². The molecule has 2 N–H and O–H groups in total. The molecule has 0 spiro atoms. The topological polar surface area (TPSA) is 75.9 Å². The smallest absolute Gasteiger partial charge is 0.416 e. The Morgan fingerprint density at radius 1 is 1.00 bits per heavy atom. The van der Waals surface area contributed by atoms with Gasteiger partial charge in [0.1, 0.15) is 0 Å². The largest absolute Gasteiger partial charge is 0.444 e. The van der Waals surface area contributed by atoms with Gasteiger partial charge < -0.3 is 15.1 Å². The number of alkyl halides is 3. The Balaban J connectivity index is 1.52. The molecule has 158 valence electrons. The maximum absolute atomic E-state index is 14.1. The highest BCUT2D eigenvalue weighted by Gasteiger charge is 2.32. The van der Waals surface area contributed by atoms with E-state index in [1.807, 2.05) is 6.07 Å². The van der Waals surface area contributed by atoms with E-state index in [0.29, 0.717) is 11.4 Å². The Morgan fingerprint density at radius 3 is 2.61 bits per heavy atom. The zero-order chi connectivity index (χ0) is 21.8. The number of aromatic nitrogens is 3. The lowest BCUT2D eigenvalue weighted by atomic mass is 10.1. The van der Waals surface area contributed by atoms with Crippen LogP contribution in [0.2, 0.25) is 0 Å². The predicted octanol–water partition coefficient (Wildman–Crippen LogP) is 5.65. The lowest BCUT2D eigenvalue weighted by molar-refractivity contribution is -0.138. The Bertz CT molecular complexity index is 1180. The van der Waals surface area contributed by atoms with Crippen LogP contribution in [0.25, 0.3) is 11.3 Å². The average Bonchev–Trinajstić information content (AvgIpc) is 3.29. The van der Waals surface area contributed by atoms with E-state index in [2.05, 4.69) is 25.6 Å². The molecule has 6 nitrogen and oxygen atoms in total. The third-order valence-corrected chi connectivity index (χ3v) is 4.35. The minimum Gasteiger partial charge on any atom is -0.444 e. The molecule has 0 aliphatic rings. The van der Waals surface area contributed by atoms with E-state index in [9.17, 15) is 17.6 Å². The number of rotatable bonds is 6. The van der Waals surface area contributed by atoms with Gasteiger partial charge in [-0.25, -0.2) is 14.4 Å². The molecule has 10 heteroatoms. The number of hydrogen-bond donors (Lipinski definition) is 2. The average molecular weight is 429 g/mol. The van der Waals surface area contributed by atoms with Crippen LogP contribution in [0, 0.1) is 5.82 Å². The van der Waals surface area contributed by atoms with Gasteiger partial charge in [0.25, 0.3) is 0 Å². The van der Waals surface area contributed by atoms with Gasteiger partial charge in [-0.1, -0.05) is 30.3 Å². The number of anilines is 3. The van der Waals surface area contributed by atoms with Gasteiger partial charge in [-0.2, -0.15) is 18.2 Å². The second-order valence-electron chi connectivity index (χ2n) is 6.47. The van der Waals surface area contributed by atoms with Crippen molar-refractivity contribution in [2.75, 3.05) is 10.6 Å². The van der Waals surface area contributed by atoms with Gasteiger partial charge in [0.2, 0.25) is 5.95 Å². The fourth-order valence-electron chi connectivity index (χ4n) is 2.92. The van der Waals surface area contributed by atoms with Gasteiger partial charge in [0, 0.05) is 17.8 Å². The van der Waals surface area contributed by atoms with Gasteiger partial charge in [-0.3, -0.25) is 0 Å². The van der Waals surface area contributed by atoms with Crippen LogP contribution in [0.15, 0.2) is 71.7 Å². The molecule has 0 saturated carbocycles. The van der Waals surface area contributed by atoms with E-state index in [0.717, 1.165) is 17.8 Å². The first-order valence-corrected chi connectivity index (χ1v) is 9.07. The summed E-state index contributed by atoms with van der Waals surface area (Å²) in [6, 6.07) is 12.2. The third-order valence-electron chi connectivity index (χ3n) is 4.35. The first kappa shape index (κ1) is 20.3. The highest BCUT2D eigenvalue weighted by Crippen LogP contribution is 2.32.